The molecular formula is C14H24N6O5. The molecule has 11 nitrogen and oxygen atoms in total. The first-order valence-electron chi connectivity index (χ1n) is 7.31. The smallest absolute Gasteiger partial charge is 0.441 e. The van der Waals surface area contributed by atoms with Crippen LogP contribution in [0.3, 0.4) is 0 Å². The number of aromatic nitrogens is 3. The van der Waals surface area contributed by atoms with Crippen LogP contribution in [-0.2, 0) is 26.1 Å². The molecule has 0 aromatic carbocycles. The van der Waals surface area contributed by atoms with Gasteiger partial charge in [-0.2, -0.15) is 4.79 Å². The maximum absolute atomic E-state index is 11.1. The van der Waals surface area contributed by atoms with E-state index in [0.29, 0.717) is 18.0 Å². The summed E-state index contributed by atoms with van der Waals surface area (Å²) in [6, 6.07) is 0. The molecule has 0 spiro atoms. The van der Waals surface area contributed by atoms with Gasteiger partial charge in [-0.3, -0.25) is 9.48 Å². The quantitative estimate of drug-likeness (QED) is 0.247. The van der Waals surface area contributed by atoms with Gasteiger partial charge in [-0.05, 0) is 27.8 Å². The predicted molar refractivity (Wildman–Crippen MR) is 87.7 cm³/mol. The van der Waals surface area contributed by atoms with Gasteiger partial charge in [0.1, 0.15) is 0 Å². The Labute approximate surface area is 145 Å². The second-order valence-corrected chi connectivity index (χ2v) is 4.09. The van der Waals surface area contributed by atoms with Crippen LogP contribution in [-0.4, -0.2) is 63.5 Å². The molecule has 1 heterocycles. The molecule has 0 aliphatic rings. The lowest BCUT2D eigenvalue weighted by Gasteiger charge is -1.97. The molecule has 0 saturated heterocycles. The van der Waals surface area contributed by atoms with Crippen molar-refractivity contribution in [2.24, 2.45) is 12.8 Å². The van der Waals surface area contributed by atoms with Gasteiger partial charge in [0.15, 0.2) is 5.69 Å². The van der Waals surface area contributed by atoms with Crippen molar-refractivity contribution in [2.75, 3.05) is 20.3 Å². The standard InChI is InChI=1S/C7H11N3O2.C6H8N2O3.CH5N/c1-4-12-7(11)6-5(2)10(3)9-8-6;1-3-11-6(10)5(8-7)4(2)9;1-2/h4H2,1-3H3;3H2,1-2H3;2H2,1H3. The Morgan fingerprint density at radius 2 is 1.72 bits per heavy atom. The van der Waals surface area contributed by atoms with E-state index in [1.54, 1.807) is 27.8 Å². The number of esters is 2. The summed E-state index contributed by atoms with van der Waals surface area (Å²) in [6.07, 6.45) is 0. The van der Waals surface area contributed by atoms with E-state index >= 15 is 0 Å². The number of carbonyl (C=O) groups excluding carboxylic acids is 3. The first-order valence-corrected chi connectivity index (χ1v) is 7.31. The molecule has 0 unspecified atom stereocenters. The second-order valence-electron chi connectivity index (χ2n) is 4.09. The van der Waals surface area contributed by atoms with Crippen molar-refractivity contribution < 1.29 is 28.6 Å². The highest BCUT2D eigenvalue weighted by atomic mass is 16.5. The monoisotopic (exact) mass is 356 g/mol. The molecule has 2 N–H and O–H groups in total. The zero-order chi connectivity index (χ0) is 20.0. The fourth-order valence-corrected chi connectivity index (χ4v) is 1.25. The van der Waals surface area contributed by atoms with E-state index in [4.69, 9.17) is 10.3 Å². The van der Waals surface area contributed by atoms with E-state index in [1.807, 2.05) is 0 Å². The Kier molecular flexibility index (Phi) is 13.2. The Morgan fingerprint density at radius 3 is 2.04 bits per heavy atom. The molecule has 25 heavy (non-hydrogen) atoms. The van der Waals surface area contributed by atoms with Crippen LogP contribution < -0.4 is 5.73 Å². The Hall–Kier alpha value is -2.91. The average molecular weight is 356 g/mol. The van der Waals surface area contributed by atoms with Gasteiger partial charge in [-0.25, -0.2) is 9.59 Å². The number of rotatable bonds is 5. The maximum atomic E-state index is 11.1. The van der Waals surface area contributed by atoms with Crippen LogP contribution >= 0.6 is 0 Å². The van der Waals surface area contributed by atoms with E-state index in [9.17, 15) is 14.4 Å². The molecular weight excluding hydrogens is 332 g/mol. The third-order valence-electron chi connectivity index (χ3n) is 2.48. The fraction of sp³-hybridized carbons (Fsp3) is 0.571. The predicted octanol–water partition coefficient (Wildman–Crippen LogP) is -0.316. The molecule has 1 aromatic rings. The summed E-state index contributed by atoms with van der Waals surface area (Å²) in [6.45, 7) is 6.73. The van der Waals surface area contributed by atoms with E-state index < -0.39 is 23.4 Å². The number of ether oxygens (including phenoxy) is 2. The Balaban J connectivity index is 0. The highest BCUT2D eigenvalue weighted by Crippen LogP contribution is 2.03. The maximum Gasteiger partial charge on any atom is 0.441 e. The summed E-state index contributed by atoms with van der Waals surface area (Å²) in [7, 11) is 3.23. The minimum Gasteiger partial charge on any atom is -0.461 e. The second kappa shape index (κ2) is 13.5. The van der Waals surface area contributed by atoms with Crippen molar-refractivity contribution in [3.05, 3.63) is 16.9 Å². The van der Waals surface area contributed by atoms with E-state index in [0.717, 1.165) is 6.92 Å². The Morgan fingerprint density at radius 1 is 1.20 bits per heavy atom. The minimum atomic E-state index is -0.900. The van der Waals surface area contributed by atoms with Gasteiger partial charge < -0.3 is 20.7 Å². The molecule has 0 saturated carbocycles. The number of hydrogen-bond donors (Lipinski definition) is 1. The van der Waals surface area contributed by atoms with Crippen molar-refractivity contribution in [3.8, 4) is 0 Å². The lowest BCUT2D eigenvalue weighted by molar-refractivity contribution is -0.141. The van der Waals surface area contributed by atoms with Crippen molar-refractivity contribution in [3.63, 3.8) is 0 Å². The van der Waals surface area contributed by atoms with E-state index in [2.05, 4.69) is 25.6 Å². The van der Waals surface area contributed by atoms with Crippen molar-refractivity contribution in [2.45, 2.75) is 27.7 Å². The molecule has 11 heteroatoms. The highest BCUT2D eigenvalue weighted by molar-refractivity contribution is 6.61. The molecule has 0 bridgehead atoms. The van der Waals surface area contributed by atoms with Gasteiger partial charge in [0.05, 0.1) is 18.9 Å². The van der Waals surface area contributed by atoms with Gasteiger partial charge in [-0.1, -0.05) is 5.21 Å². The zero-order valence-corrected chi connectivity index (χ0v) is 15.3. The van der Waals surface area contributed by atoms with Gasteiger partial charge >= 0.3 is 17.7 Å². The molecule has 0 atom stereocenters. The summed E-state index contributed by atoms with van der Waals surface area (Å²) >= 11 is 0. The highest BCUT2D eigenvalue weighted by Gasteiger charge is 2.26. The average Bonchev–Trinajstić information content (AvgIpc) is 2.90. The molecule has 0 fully saturated rings. The number of hydrogen-bond acceptors (Lipinski definition) is 8. The first kappa shape index (κ1) is 24.3. The number of ketones is 1. The van der Waals surface area contributed by atoms with Crippen LogP contribution in [0.1, 0.15) is 37.0 Å². The summed E-state index contributed by atoms with van der Waals surface area (Å²) in [5, 5.41) is 7.36. The summed E-state index contributed by atoms with van der Waals surface area (Å²) < 4.78 is 10.7. The van der Waals surface area contributed by atoms with Crippen molar-refractivity contribution >= 4 is 23.4 Å². The minimum absolute atomic E-state index is 0.144. The van der Waals surface area contributed by atoms with Crippen molar-refractivity contribution in [1.29, 1.82) is 0 Å². The zero-order valence-electron chi connectivity index (χ0n) is 15.3. The number of nitrogens with zero attached hydrogens (tertiary/aromatic N) is 5. The topological polar surface area (TPSA) is 163 Å². The van der Waals surface area contributed by atoms with Crippen molar-refractivity contribution in [1.82, 2.24) is 15.0 Å². The first-order chi connectivity index (χ1) is 11.8. The van der Waals surface area contributed by atoms with Gasteiger partial charge in [-0.15, -0.1) is 5.10 Å². The van der Waals surface area contributed by atoms with Crippen LogP contribution in [0.25, 0.3) is 5.53 Å². The largest absolute Gasteiger partial charge is 0.461 e. The van der Waals surface area contributed by atoms with Gasteiger partial charge in [0.2, 0.25) is 5.78 Å². The third kappa shape index (κ3) is 8.49. The van der Waals surface area contributed by atoms with Gasteiger partial charge in [0.25, 0.3) is 0 Å². The van der Waals surface area contributed by atoms with Crippen LogP contribution in [0.4, 0.5) is 0 Å². The molecule has 0 aliphatic heterocycles. The van der Waals surface area contributed by atoms with Crippen LogP contribution in [0.15, 0.2) is 0 Å². The SMILES string of the molecule is CCOC(=O)C(=[N+]=[N-])C(C)=O.CCOC(=O)c1nnn(C)c1C.CN. The summed E-state index contributed by atoms with van der Waals surface area (Å²) in [4.78, 5) is 34.8. The van der Waals surface area contributed by atoms with Gasteiger partial charge in [0, 0.05) is 14.0 Å². The third-order valence-corrected chi connectivity index (χ3v) is 2.48. The molecule has 140 valence electrons. The number of aryl methyl sites for hydroxylation is 1. The fourth-order valence-electron chi connectivity index (χ4n) is 1.25. The normalized spacial score (nSPS) is 8.60. The molecule has 1 aromatic heterocycles. The molecule has 0 amide bonds. The van der Waals surface area contributed by atoms with Crippen LogP contribution in [0.2, 0.25) is 0 Å². The summed E-state index contributed by atoms with van der Waals surface area (Å²) in [5.74, 6) is -1.93. The number of nitrogens with two attached hydrogens (primary N) is 1. The lowest BCUT2D eigenvalue weighted by Crippen LogP contribution is -2.25. The van der Waals surface area contributed by atoms with Crippen LogP contribution in [0.5, 0.6) is 0 Å². The molecule has 0 aliphatic carbocycles. The van der Waals surface area contributed by atoms with E-state index in [-0.39, 0.29) is 6.61 Å². The summed E-state index contributed by atoms with van der Waals surface area (Å²) in [5.41, 5.74) is 13.1. The molecule has 1 rings (SSSR count). The van der Waals surface area contributed by atoms with Crippen LogP contribution in [0, 0.1) is 6.92 Å². The Bertz CT molecular complexity index is 634. The lowest BCUT2D eigenvalue weighted by atomic mass is 10.3. The number of Topliss-reactive ketones (excluding diaryl/α,β-unsaturated/α-hetero) is 1. The van der Waals surface area contributed by atoms with E-state index in [1.165, 1.54) is 11.7 Å². The number of carbonyl (C=O) groups is 3. The molecule has 0 radical (unpaired) electrons.